The Labute approximate surface area is 152 Å². The van der Waals surface area contributed by atoms with E-state index < -0.39 is 0 Å². The van der Waals surface area contributed by atoms with E-state index in [4.69, 9.17) is 11.6 Å². The lowest BCUT2D eigenvalue weighted by molar-refractivity contribution is 0.0663. The second-order valence-electron chi connectivity index (χ2n) is 6.20. The van der Waals surface area contributed by atoms with Crippen molar-refractivity contribution in [1.29, 1.82) is 0 Å². The summed E-state index contributed by atoms with van der Waals surface area (Å²) in [5, 5.41) is 3.90. The summed E-state index contributed by atoms with van der Waals surface area (Å²) in [5.41, 5.74) is 1.69. The van der Waals surface area contributed by atoms with Crippen molar-refractivity contribution in [3.05, 3.63) is 52.8 Å². The number of hydrogen-bond donors (Lipinski definition) is 1. The quantitative estimate of drug-likeness (QED) is 0.886. The molecule has 1 aliphatic heterocycles. The summed E-state index contributed by atoms with van der Waals surface area (Å²) in [6.07, 6.45) is 4.01. The van der Waals surface area contributed by atoms with Crippen LogP contribution in [-0.2, 0) is 6.42 Å². The van der Waals surface area contributed by atoms with E-state index in [0.29, 0.717) is 18.1 Å². The van der Waals surface area contributed by atoms with E-state index in [-0.39, 0.29) is 5.91 Å². The SMILES string of the molecule is CN1CCN(C(=O)c2cnc(NCCc3cccc(Cl)c3)nc2)CC1. The highest BCUT2D eigenvalue weighted by molar-refractivity contribution is 6.30. The van der Waals surface area contributed by atoms with Crippen LogP contribution in [0.1, 0.15) is 15.9 Å². The summed E-state index contributed by atoms with van der Waals surface area (Å²) >= 11 is 5.98. The van der Waals surface area contributed by atoms with Crippen molar-refractivity contribution >= 4 is 23.5 Å². The topological polar surface area (TPSA) is 61.4 Å². The Bertz CT molecular complexity index is 714. The van der Waals surface area contributed by atoms with E-state index in [1.54, 1.807) is 12.4 Å². The minimum absolute atomic E-state index is 0.00132. The van der Waals surface area contributed by atoms with Crippen LogP contribution in [0.25, 0.3) is 0 Å². The van der Waals surface area contributed by atoms with Crippen molar-refractivity contribution in [3.63, 3.8) is 0 Å². The average Bonchev–Trinajstić information content (AvgIpc) is 2.62. The van der Waals surface area contributed by atoms with Gasteiger partial charge >= 0.3 is 0 Å². The van der Waals surface area contributed by atoms with Crippen molar-refractivity contribution < 1.29 is 4.79 Å². The van der Waals surface area contributed by atoms with Crippen LogP contribution in [0.2, 0.25) is 5.02 Å². The first-order valence-corrected chi connectivity index (χ1v) is 8.78. The average molecular weight is 360 g/mol. The van der Waals surface area contributed by atoms with Gasteiger partial charge in [-0.25, -0.2) is 9.97 Å². The highest BCUT2D eigenvalue weighted by Gasteiger charge is 2.20. The molecule has 0 atom stereocenters. The van der Waals surface area contributed by atoms with Crippen LogP contribution in [0.5, 0.6) is 0 Å². The monoisotopic (exact) mass is 359 g/mol. The third-order valence-electron chi connectivity index (χ3n) is 4.28. The molecule has 0 aliphatic carbocycles. The standard InChI is InChI=1S/C18H22ClN5O/c1-23-7-9-24(10-8-23)17(25)15-12-21-18(22-13-15)20-6-5-14-3-2-4-16(19)11-14/h2-4,11-13H,5-10H2,1H3,(H,20,21,22). The Balaban J connectivity index is 1.51. The predicted molar refractivity (Wildman–Crippen MR) is 99.1 cm³/mol. The molecule has 1 aromatic carbocycles. The minimum atomic E-state index is -0.00132. The molecular formula is C18H22ClN5O. The molecule has 1 saturated heterocycles. The maximum absolute atomic E-state index is 12.4. The molecule has 1 amide bonds. The van der Waals surface area contributed by atoms with E-state index in [0.717, 1.165) is 43.2 Å². The van der Waals surface area contributed by atoms with Gasteiger partial charge in [-0.1, -0.05) is 23.7 Å². The van der Waals surface area contributed by atoms with Gasteiger partial charge in [0.05, 0.1) is 5.56 Å². The fourth-order valence-electron chi connectivity index (χ4n) is 2.73. The summed E-state index contributed by atoms with van der Waals surface area (Å²) in [6, 6.07) is 7.78. The van der Waals surface area contributed by atoms with Crippen LogP contribution >= 0.6 is 11.6 Å². The number of carbonyl (C=O) groups is 1. The summed E-state index contributed by atoms with van der Waals surface area (Å²) < 4.78 is 0. The Hall–Kier alpha value is -2.18. The number of aromatic nitrogens is 2. The van der Waals surface area contributed by atoms with E-state index in [2.05, 4.69) is 27.2 Å². The molecule has 1 aliphatic rings. The third-order valence-corrected chi connectivity index (χ3v) is 4.51. The van der Waals surface area contributed by atoms with E-state index >= 15 is 0 Å². The van der Waals surface area contributed by atoms with Gasteiger partial charge in [0, 0.05) is 50.1 Å². The number of nitrogens with zero attached hydrogens (tertiary/aromatic N) is 4. The third kappa shape index (κ3) is 4.90. The van der Waals surface area contributed by atoms with Gasteiger partial charge in [-0.2, -0.15) is 0 Å². The summed E-state index contributed by atoms with van der Waals surface area (Å²) in [5.74, 6) is 0.524. The molecular weight excluding hydrogens is 338 g/mol. The molecule has 7 heteroatoms. The molecule has 3 rings (SSSR count). The maximum atomic E-state index is 12.4. The molecule has 1 fully saturated rings. The molecule has 0 saturated carbocycles. The first kappa shape index (κ1) is 17.6. The number of amides is 1. The highest BCUT2D eigenvalue weighted by Crippen LogP contribution is 2.11. The fourth-order valence-corrected chi connectivity index (χ4v) is 2.95. The predicted octanol–water partition coefficient (Wildman–Crippen LogP) is 2.17. The van der Waals surface area contributed by atoms with Crippen LogP contribution < -0.4 is 5.32 Å². The zero-order chi connectivity index (χ0) is 17.6. The van der Waals surface area contributed by atoms with Gasteiger partial charge in [0.2, 0.25) is 5.95 Å². The van der Waals surface area contributed by atoms with Crippen molar-refractivity contribution in [2.75, 3.05) is 45.1 Å². The lowest BCUT2D eigenvalue weighted by atomic mass is 10.1. The number of anilines is 1. The fraction of sp³-hybridized carbons (Fsp3) is 0.389. The second-order valence-corrected chi connectivity index (χ2v) is 6.63. The number of carbonyl (C=O) groups excluding carboxylic acids is 1. The van der Waals surface area contributed by atoms with Gasteiger partial charge < -0.3 is 15.1 Å². The van der Waals surface area contributed by atoms with Crippen LogP contribution in [0.15, 0.2) is 36.7 Å². The van der Waals surface area contributed by atoms with Crippen LogP contribution in [0, 0.1) is 0 Å². The molecule has 0 bridgehead atoms. The molecule has 6 nitrogen and oxygen atoms in total. The first-order chi connectivity index (χ1) is 12.1. The number of halogens is 1. The Morgan fingerprint density at radius 1 is 1.20 bits per heavy atom. The second kappa shape index (κ2) is 8.27. The largest absolute Gasteiger partial charge is 0.354 e. The van der Waals surface area contributed by atoms with Crippen LogP contribution in [0.3, 0.4) is 0 Å². The van der Waals surface area contributed by atoms with Crippen LogP contribution in [0.4, 0.5) is 5.95 Å². The summed E-state index contributed by atoms with van der Waals surface area (Å²) in [7, 11) is 2.06. The van der Waals surface area contributed by atoms with Crippen LogP contribution in [-0.4, -0.2) is 65.4 Å². The maximum Gasteiger partial charge on any atom is 0.257 e. The molecule has 132 valence electrons. The van der Waals surface area contributed by atoms with E-state index in [1.165, 1.54) is 0 Å². The van der Waals surface area contributed by atoms with Crippen molar-refractivity contribution in [2.24, 2.45) is 0 Å². The lowest BCUT2D eigenvalue weighted by Gasteiger charge is -2.32. The summed E-state index contributed by atoms with van der Waals surface area (Å²) in [6.45, 7) is 3.99. The van der Waals surface area contributed by atoms with E-state index in [1.807, 2.05) is 29.2 Å². The number of rotatable bonds is 5. The van der Waals surface area contributed by atoms with Crippen molar-refractivity contribution in [2.45, 2.75) is 6.42 Å². The zero-order valence-electron chi connectivity index (χ0n) is 14.3. The molecule has 0 spiro atoms. The van der Waals surface area contributed by atoms with Gasteiger partial charge in [0.1, 0.15) is 0 Å². The van der Waals surface area contributed by atoms with Gasteiger partial charge in [0.25, 0.3) is 5.91 Å². The van der Waals surface area contributed by atoms with Gasteiger partial charge in [-0.15, -0.1) is 0 Å². The highest BCUT2D eigenvalue weighted by atomic mass is 35.5. The number of nitrogens with one attached hydrogen (secondary N) is 1. The zero-order valence-corrected chi connectivity index (χ0v) is 15.0. The number of piperazine rings is 1. The number of hydrogen-bond acceptors (Lipinski definition) is 5. The van der Waals surface area contributed by atoms with Gasteiger partial charge in [-0.05, 0) is 31.2 Å². The molecule has 25 heavy (non-hydrogen) atoms. The molecule has 1 N–H and O–H groups in total. The Kier molecular flexibility index (Phi) is 5.83. The Morgan fingerprint density at radius 3 is 2.60 bits per heavy atom. The molecule has 0 radical (unpaired) electrons. The molecule has 2 aromatic rings. The van der Waals surface area contributed by atoms with Gasteiger partial charge in [-0.3, -0.25) is 4.79 Å². The minimum Gasteiger partial charge on any atom is -0.354 e. The molecule has 2 heterocycles. The number of benzene rings is 1. The Morgan fingerprint density at radius 2 is 1.92 bits per heavy atom. The molecule has 1 aromatic heterocycles. The normalized spacial score (nSPS) is 15.2. The summed E-state index contributed by atoms with van der Waals surface area (Å²) in [4.78, 5) is 25.0. The van der Waals surface area contributed by atoms with E-state index in [9.17, 15) is 4.79 Å². The lowest BCUT2D eigenvalue weighted by Crippen LogP contribution is -2.47. The first-order valence-electron chi connectivity index (χ1n) is 8.40. The molecule has 0 unspecified atom stereocenters. The van der Waals surface area contributed by atoms with Crippen molar-refractivity contribution in [1.82, 2.24) is 19.8 Å². The number of likely N-dealkylation sites (N-methyl/N-ethyl adjacent to an activating group) is 1. The van der Waals surface area contributed by atoms with Gasteiger partial charge in [0.15, 0.2) is 0 Å². The smallest absolute Gasteiger partial charge is 0.257 e. The van der Waals surface area contributed by atoms with Crippen molar-refractivity contribution in [3.8, 4) is 0 Å².